The molecule has 1 amide bonds. The third kappa shape index (κ3) is 1.47. The van der Waals surface area contributed by atoms with Gasteiger partial charge in [0.2, 0.25) is 5.91 Å². The van der Waals surface area contributed by atoms with E-state index in [-0.39, 0.29) is 0 Å². The molecule has 1 aromatic heterocycles. The highest BCUT2D eigenvalue weighted by Gasteiger charge is 2.11. The Labute approximate surface area is 76.2 Å². The van der Waals surface area contributed by atoms with Gasteiger partial charge in [0, 0.05) is 12.7 Å². The van der Waals surface area contributed by atoms with Crippen molar-refractivity contribution in [1.82, 2.24) is 4.98 Å². The van der Waals surface area contributed by atoms with E-state index in [9.17, 15) is 4.79 Å². The Bertz CT molecular complexity index is 349. The van der Waals surface area contributed by atoms with Crippen molar-refractivity contribution < 1.29 is 4.79 Å². The number of primary amides is 1. The molecule has 4 nitrogen and oxygen atoms in total. The van der Waals surface area contributed by atoms with E-state index in [1.54, 1.807) is 0 Å². The Kier molecular flexibility index (Phi) is 1.88. The fourth-order valence-electron chi connectivity index (χ4n) is 1.48. The van der Waals surface area contributed by atoms with Crippen LogP contribution >= 0.6 is 0 Å². The van der Waals surface area contributed by atoms with Gasteiger partial charge < -0.3 is 11.1 Å². The molecule has 0 aliphatic carbocycles. The van der Waals surface area contributed by atoms with Crippen LogP contribution in [0.15, 0.2) is 12.3 Å². The lowest BCUT2D eigenvalue weighted by Gasteiger charge is -2.16. The summed E-state index contributed by atoms with van der Waals surface area (Å²) in [6.45, 7) is 0.954. The van der Waals surface area contributed by atoms with Gasteiger partial charge in [-0.15, -0.1) is 0 Å². The van der Waals surface area contributed by atoms with Gasteiger partial charge in [0.05, 0.1) is 5.56 Å². The predicted molar refractivity (Wildman–Crippen MR) is 49.6 cm³/mol. The number of hydrogen-bond acceptors (Lipinski definition) is 3. The fourth-order valence-corrected chi connectivity index (χ4v) is 1.48. The number of amides is 1. The number of pyridine rings is 1. The number of rotatable bonds is 1. The first-order chi connectivity index (χ1) is 6.27. The van der Waals surface area contributed by atoms with Gasteiger partial charge in [0.1, 0.15) is 5.82 Å². The van der Waals surface area contributed by atoms with Crippen molar-refractivity contribution in [3.63, 3.8) is 0 Å². The minimum absolute atomic E-state index is 0.416. The Morgan fingerprint density at radius 1 is 1.62 bits per heavy atom. The van der Waals surface area contributed by atoms with Crippen LogP contribution in [0.2, 0.25) is 0 Å². The highest BCUT2D eigenvalue weighted by Crippen LogP contribution is 2.19. The van der Waals surface area contributed by atoms with Crippen LogP contribution in [0.5, 0.6) is 0 Å². The van der Waals surface area contributed by atoms with Crippen molar-refractivity contribution in [1.29, 1.82) is 0 Å². The monoisotopic (exact) mass is 177 g/mol. The van der Waals surface area contributed by atoms with Crippen LogP contribution in [0.25, 0.3) is 0 Å². The zero-order valence-electron chi connectivity index (χ0n) is 7.21. The molecular formula is C9H11N3O. The maximum absolute atomic E-state index is 10.8. The number of nitrogens with two attached hydrogens (primary N) is 1. The van der Waals surface area contributed by atoms with Crippen molar-refractivity contribution in [2.24, 2.45) is 5.73 Å². The van der Waals surface area contributed by atoms with Crippen molar-refractivity contribution in [3.05, 3.63) is 23.4 Å². The molecule has 68 valence electrons. The van der Waals surface area contributed by atoms with Gasteiger partial charge in [0.25, 0.3) is 0 Å². The molecule has 0 atom stereocenters. The largest absolute Gasteiger partial charge is 0.370 e. The summed E-state index contributed by atoms with van der Waals surface area (Å²) in [5.41, 5.74) is 6.72. The van der Waals surface area contributed by atoms with Gasteiger partial charge in [-0.05, 0) is 24.5 Å². The number of aryl methyl sites for hydroxylation is 1. The summed E-state index contributed by atoms with van der Waals surface area (Å²) in [6, 6.07) is 1.82. The predicted octanol–water partition coefficient (Wildman–Crippen LogP) is 0.539. The van der Waals surface area contributed by atoms with Crippen molar-refractivity contribution in [2.45, 2.75) is 12.8 Å². The van der Waals surface area contributed by atoms with Crippen molar-refractivity contribution in [2.75, 3.05) is 11.9 Å². The molecule has 13 heavy (non-hydrogen) atoms. The number of carbonyl (C=O) groups excluding carboxylic acids is 1. The third-order valence-corrected chi connectivity index (χ3v) is 2.17. The van der Waals surface area contributed by atoms with E-state index in [2.05, 4.69) is 10.3 Å². The van der Waals surface area contributed by atoms with Gasteiger partial charge >= 0.3 is 0 Å². The molecule has 0 saturated heterocycles. The van der Waals surface area contributed by atoms with Gasteiger partial charge in [0.15, 0.2) is 0 Å². The van der Waals surface area contributed by atoms with Gasteiger partial charge in [-0.1, -0.05) is 0 Å². The van der Waals surface area contributed by atoms with E-state index in [1.165, 1.54) is 6.20 Å². The average molecular weight is 177 g/mol. The number of anilines is 1. The van der Waals surface area contributed by atoms with Crippen LogP contribution < -0.4 is 11.1 Å². The molecule has 0 fully saturated rings. The standard InChI is InChI=1S/C9H11N3O/c10-8(13)7-4-6-2-1-3-11-9(6)12-5-7/h4-5H,1-3H2,(H2,10,13)(H,11,12). The molecular weight excluding hydrogens is 166 g/mol. The number of nitrogens with one attached hydrogen (secondary N) is 1. The van der Waals surface area contributed by atoms with Gasteiger partial charge in [-0.3, -0.25) is 4.79 Å². The fraction of sp³-hybridized carbons (Fsp3) is 0.333. The minimum Gasteiger partial charge on any atom is -0.370 e. The number of fused-ring (bicyclic) bond motifs is 1. The summed E-state index contributed by atoms with van der Waals surface area (Å²) in [4.78, 5) is 15.0. The van der Waals surface area contributed by atoms with Crippen LogP contribution in [0, 0.1) is 0 Å². The lowest BCUT2D eigenvalue weighted by Crippen LogP contribution is -2.16. The Hall–Kier alpha value is -1.58. The molecule has 0 radical (unpaired) electrons. The highest BCUT2D eigenvalue weighted by molar-refractivity contribution is 5.92. The third-order valence-electron chi connectivity index (χ3n) is 2.17. The summed E-state index contributed by atoms with van der Waals surface area (Å²) < 4.78 is 0. The quantitative estimate of drug-likeness (QED) is 0.657. The van der Waals surface area contributed by atoms with E-state index in [4.69, 9.17) is 5.73 Å². The molecule has 1 aliphatic rings. The summed E-state index contributed by atoms with van der Waals surface area (Å²) in [5, 5.41) is 3.17. The molecule has 3 N–H and O–H groups in total. The second-order valence-electron chi connectivity index (χ2n) is 3.13. The molecule has 2 rings (SSSR count). The topological polar surface area (TPSA) is 68.0 Å². The van der Waals surface area contributed by atoms with Gasteiger partial charge in [-0.2, -0.15) is 0 Å². The Morgan fingerprint density at radius 2 is 2.46 bits per heavy atom. The SMILES string of the molecule is NC(=O)c1cnc2c(c1)CCCN2. The molecule has 0 unspecified atom stereocenters. The van der Waals surface area contributed by atoms with Gasteiger partial charge in [-0.25, -0.2) is 4.98 Å². The maximum atomic E-state index is 10.8. The van der Waals surface area contributed by atoms with Crippen LogP contribution in [0.1, 0.15) is 22.3 Å². The lowest BCUT2D eigenvalue weighted by molar-refractivity contribution is 0.1000. The van der Waals surface area contributed by atoms with Crippen molar-refractivity contribution in [3.8, 4) is 0 Å². The van der Waals surface area contributed by atoms with E-state index in [0.29, 0.717) is 5.56 Å². The smallest absolute Gasteiger partial charge is 0.250 e. The summed E-state index contributed by atoms with van der Waals surface area (Å²) >= 11 is 0. The second kappa shape index (κ2) is 3.05. The van der Waals surface area contributed by atoms with Crippen molar-refractivity contribution >= 4 is 11.7 Å². The summed E-state index contributed by atoms with van der Waals surface area (Å²) in [5.74, 6) is 0.470. The van der Waals surface area contributed by atoms with Crippen LogP contribution in [0.3, 0.4) is 0 Å². The number of carbonyl (C=O) groups is 1. The molecule has 1 aromatic rings. The minimum atomic E-state index is -0.416. The summed E-state index contributed by atoms with van der Waals surface area (Å²) in [6.07, 6.45) is 3.56. The Balaban J connectivity index is 2.40. The van der Waals surface area contributed by atoms with E-state index in [1.807, 2.05) is 6.07 Å². The lowest BCUT2D eigenvalue weighted by atomic mass is 10.1. The number of hydrogen-bond donors (Lipinski definition) is 2. The molecule has 0 saturated carbocycles. The molecule has 4 heteroatoms. The first kappa shape index (κ1) is 8.04. The number of nitrogens with zero attached hydrogens (tertiary/aromatic N) is 1. The maximum Gasteiger partial charge on any atom is 0.250 e. The second-order valence-corrected chi connectivity index (χ2v) is 3.13. The van der Waals surface area contributed by atoms with E-state index < -0.39 is 5.91 Å². The zero-order valence-corrected chi connectivity index (χ0v) is 7.21. The molecule has 2 heterocycles. The first-order valence-corrected chi connectivity index (χ1v) is 4.30. The number of aromatic nitrogens is 1. The normalized spacial score (nSPS) is 14.5. The Morgan fingerprint density at radius 3 is 3.23 bits per heavy atom. The van der Waals surface area contributed by atoms with Crippen LogP contribution in [0.4, 0.5) is 5.82 Å². The first-order valence-electron chi connectivity index (χ1n) is 4.30. The molecule has 1 aliphatic heterocycles. The van der Waals surface area contributed by atoms with E-state index >= 15 is 0 Å². The summed E-state index contributed by atoms with van der Waals surface area (Å²) in [7, 11) is 0. The van der Waals surface area contributed by atoms with Crippen LogP contribution in [-0.4, -0.2) is 17.4 Å². The molecule has 0 bridgehead atoms. The average Bonchev–Trinajstić information content (AvgIpc) is 2.17. The van der Waals surface area contributed by atoms with E-state index in [0.717, 1.165) is 30.8 Å². The van der Waals surface area contributed by atoms with Crippen LogP contribution in [-0.2, 0) is 6.42 Å². The highest BCUT2D eigenvalue weighted by atomic mass is 16.1. The zero-order chi connectivity index (χ0) is 9.26. The molecule has 0 aromatic carbocycles. The molecule has 0 spiro atoms.